The average Bonchev–Trinajstić information content (AvgIpc) is 3.05. The van der Waals surface area contributed by atoms with Crippen LogP contribution in [-0.4, -0.2) is 72.6 Å². The first-order valence-corrected chi connectivity index (χ1v) is 8.92. The van der Waals surface area contributed by atoms with Crippen molar-refractivity contribution in [1.82, 2.24) is 14.9 Å². The van der Waals surface area contributed by atoms with E-state index in [1.807, 2.05) is 41.7 Å². The summed E-state index contributed by atoms with van der Waals surface area (Å²) in [7, 11) is 3.94. The quantitative estimate of drug-likeness (QED) is 0.826. The van der Waals surface area contributed by atoms with Gasteiger partial charge < -0.3 is 14.7 Å². The second-order valence-corrected chi connectivity index (χ2v) is 7.20. The van der Waals surface area contributed by atoms with E-state index >= 15 is 0 Å². The Morgan fingerprint density at radius 1 is 1.32 bits per heavy atom. The summed E-state index contributed by atoms with van der Waals surface area (Å²) in [4.78, 5) is 27.7. The lowest BCUT2D eigenvalue weighted by atomic mass is 10.1. The molecule has 0 radical (unpaired) electrons. The van der Waals surface area contributed by atoms with Crippen LogP contribution in [0.25, 0.3) is 0 Å². The van der Waals surface area contributed by atoms with Gasteiger partial charge in [0, 0.05) is 58.0 Å². The van der Waals surface area contributed by atoms with Gasteiger partial charge in [-0.1, -0.05) is 0 Å². The van der Waals surface area contributed by atoms with E-state index in [-0.39, 0.29) is 5.92 Å². The maximum atomic E-state index is 12.6. The SMILES string of the molecule is CN(C)c1ccnc(N2CCC(C(=O)N3CCSCC3)C2)n1. The third-order valence-corrected chi connectivity index (χ3v) is 5.17. The molecule has 2 saturated heterocycles. The molecule has 3 heterocycles. The summed E-state index contributed by atoms with van der Waals surface area (Å²) in [5.41, 5.74) is 0. The second-order valence-electron chi connectivity index (χ2n) is 5.98. The van der Waals surface area contributed by atoms with Crippen molar-refractivity contribution < 1.29 is 4.79 Å². The molecule has 0 saturated carbocycles. The van der Waals surface area contributed by atoms with E-state index in [9.17, 15) is 4.79 Å². The molecule has 1 aromatic rings. The Morgan fingerprint density at radius 2 is 2.09 bits per heavy atom. The third-order valence-electron chi connectivity index (χ3n) is 4.23. The highest BCUT2D eigenvalue weighted by molar-refractivity contribution is 7.99. The van der Waals surface area contributed by atoms with Crippen molar-refractivity contribution in [3.8, 4) is 0 Å². The summed E-state index contributed by atoms with van der Waals surface area (Å²) in [6.45, 7) is 3.38. The smallest absolute Gasteiger partial charge is 0.227 e. The van der Waals surface area contributed by atoms with Gasteiger partial charge in [-0.15, -0.1) is 0 Å². The first-order chi connectivity index (χ1) is 10.6. The van der Waals surface area contributed by atoms with Gasteiger partial charge >= 0.3 is 0 Å². The molecule has 1 atom stereocenters. The van der Waals surface area contributed by atoms with Crippen molar-refractivity contribution in [1.29, 1.82) is 0 Å². The highest BCUT2D eigenvalue weighted by Crippen LogP contribution is 2.24. The van der Waals surface area contributed by atoms with Gasteiger partial charge in [0.1, 0.15) is 5.82 Å². The van der Waals surface area contributed by atoms with Crippen LogP contribution in [0.15, 0.2) is 12.3 Å². The van der Waals surface area contributed by atoms with Gasteiger partial charge in [-0.2, -0.15) is 16.7 Å². The van der Waals surface area contributed by atoms with Crippen LogP contribution in [0, 0.1) is 5.92 Å². The Hall–Kier alpha value is -1.50. The van der Waals surface area contributed by atoms with Crippen molar-refractivity contribution in [2.24, 2.45) is 5.92 Å². The van der Waals surface area contributed by atoms with Crippen molar-refractivity contribution in [3.05, 3.63) is 12.3 Å². The van der Waals surface area contributed by atoms with E-state index in [4.69, 9.17) is 0 Å². The molecule has 22 heavy (non-hydrogen) atoms. The number of thioether (sulfide) groups is 1. The van der Waals surface area contributed by atoms with Crippen molar-refractivity contribution >= 4 is 29.4 Å². The number of carbonyl (C=O) groups excluding carboxylic acids is 1. The summed E-state index contributed by atoms with van der Waals surface area (Å²) in [5.74, 6) is 4.16. The normalized spacial score (nSPS) is 22.0. The van der Waals surface area contributed by atoms with Gasteiger partial charge in [0.05, 0.1) is 5.92 Å². The zero-order chi connectivity index (χ0) is 15.5. The van der Waals surface area contributed by atoms with Gasteiger partial charge in [-0.05, 0) is 12.5 Å². The van der Waals surface area contributed by atoms with Crippen LogP contribution in [-0.2, 0) is 4.79 Å². The Balaban J connectivity index is 1.64. The van der Waals surface area contributed by atoms with Crippen LogP contribution in [0.1, 0.15) is 6.42 Å². The van der Waals surface area contributed by atoms with Crippen LogP contribution in [0.4, 0.5) is 11.8 Å². The van der Waals surface area contributed by atoms with Crippen molar-refractivity contribution in [2.75, 3.05) is 61.6 Å². The third kappa shape index (κ3) is 3.29. The number of hydrogen-bond donors (Lipinski definition) is 0. The number of rotatable bonds is 3. The van der Waals surface area contributed by atoms with Crippen LogP contribution in [0.2, 0.25) is 0 Å². The zero-order valence-corrected chi connectivity index (χ0v) is 14.1. The highest BCUT2D eigenvalue weighted by Gasteiger charge is 2.33. The highest BCUT2D eigenvalue weighted by atomic mass is 32.2. The molecule has 2 fully saturated rings. The molecule has 0 bridgehead atoms. The molecule has 6 nitrogen and oxygen atoms in total. The van der Waals surface area contributed by atoms with E-state index in [0.717, 1.165) is 55.9 Å². The molecule has 0 N–H and O–H groups in total. The Labute approximate surface area is 135 Å². The molecule has 2 aliphatic heterocycles. The van der Waals surface area contributed by atoms with Crippen molar-refractivity contribution in [2.45, 2.75) is 6.42 Å². The zero-order valence-electron chi connectivity index (χ0n) is 13.2. The lowest BCUT2D eigenvalue weighted by Gasteiger charge is -2.28. The fraction of sp³-hybridized carbons (Fsp3) is 0.667. The largest absolute Gasteiger partial charge is 0.363 e. The minimum atomic E-state index is 0.0923. The maximum Gasteiger partial charge on any atom is 0.227 e. The number of anilines is 2. The summed E-state index contributed by atoms with van der Waals surface area (Å²) in [6.07, 6.45) is 2.69. The van der Waals surface area contributed by atoms with Gasteiger partial charge in [0.25, 0.3) is 0 Å². The lowest BCUT2D eigenvalue weighted by Crippen LogP contribution is -2.42. The van der Waals surface area contributed by atoms with Gasteiger partial charge in [-0.25, -0.2) is 4.98 Å². The van der Waals surface area contributed by atoms with Gasteiger partial charge in [-0.3, -0.25) is 4.79 Å². The van der Waals surface area contributed by atoms with E-state index in [1.54, 1.807) is 6.20 Å². The lowest BCUT2D eigenvalue weighted by molar-refractivity contribution is -0.134. The molecular weight excluding hydrogens is 298 g/mol. The van der Waals surface area contributed by atoms with Gasteiger partial charge in [0.15, 0.2) is 0 Å². The Bertz CT molecular complexity index is 532. The van der Waals surface area contributed by atoms with Gasteiger partial charge in [0.2, 0.25) is 11.9 Å². The molecule has 1 aromatic heterocycles. The summed E-state index contributed by atoms with van der Waals surface area (Å²) in [6, 6.07) is 1.90. The number of nitrogens with zero attached hydrogens (tertiary/aromatic N) is 5. The fourth-order valence-corrected chi connectivity index (χ4v) is 3.83. The molecule has 0 spiro atoms. The molecule has 1 amide bonds. The van der Waals surface area contributed by atoms with E-state index in [2.05, 4.69) is 14.9 Å². The van der Waals surface area contributed by atoms with Crippen LogP contribution in [0.3, 0.4) is 0 Å². The molecule has 2 aliphatic rings. The minimum Gasteiger partial charge on any atom is -0.363 e. The fourth-order valence-electron chi connectivity index (χ4n) is 2.93. The minimum absolute atomic E-state index is 0.0923. The summed E-state index contributed by atoms with van der Waals surface area (Å²) in [5, 5.41) is 0. The molecule has 120 valence electrons. The molecule has 1 unspecified atom stereocenters. The summed E-state index contributed by atoms with van der Waals surface area (Å²) >= 11 is 1.93. The summed E-state index contributed by atoms with van der Waals surface area (Å²) < 4.78 is 0. The predicted octanol–water partition coefficient (Wildman–Crippen LogP) is 0.944. The maximum absolute atomic E-state index is 12.6. The monoisotopic (exact) mass is 321 g/mol. The molecule has 3 rings (SSSR count). The number of carbonyl (C=O) groups is 1. The molecule has 0 aliphatic carbocycles. The first kappa shape index (κ1) is 15.4. The Morgan fingerprint density at radius 3 is 2.82 bits per heavy atom. The standard InChI is InChI=1S/C15H23N5OS/c1-18(2)13-3-5-16-15(17-13)20-6-4-12(11-20)14(21)19-7-9-22-10-8-19/h3,5,12H,4,6-11H2,1-2H3. The van der Waals surface area contributed by atoms with Crippen LogP contribution < -0.4 is 9.80 Å². The number of aromatic nitrogens is 2. The van der Waals surface area contributed by atoms with Crippen molar-refractivity contribution in [3.63, 3.8) is 0 Å². The number of hydrogen-bond acceptors (Lipinski definition) is 6. The predicted molar refractivity (Wildman–Crippen MR) is 90.6 cm³/mol. The van der Waals surface area contributed by atoms with Crippen LogP contribution >= 0.6 is 11.8 Å². The van der Waals surface area contributed by atoms with E-state index in [1.165, 1.54) is 0 Å². The molecular formula is C15H23N5OS. The molecule has 7 heteroatoms. The number of amides is 1. The first-order valence-electron chi connectivity index (χ1n) is 7.77. The second kappa shape index (κ2) is 6.73. The topological polar surface area (TPSA) is 52.6 Å². The average molecular weight is 321 g/mol. The van der Waals surface area contributed by atoms with Crippen LogP contribution in [0.5, 0.6) is 0 Å². The van der Waals surface area contributed by atoms with E-state index in [0.29, 0.717) is 5.91 Å². The molecule has 0 aromatic carbocycles. The van der Waals surface area contributed by atoms with E-state index < -0.39 is 0 Å². The Kier molecular flexibility index (Phi) is 4.71.